The molecule has 1 atom stereocenters. The summed E-state index contributed by atoms with van der Waals surface area (Å²) in [5.41, 5.74) is 0.766. The minimum Gasteiger partial charge on any atom is -0.469 e. The summed E-state index contributed by atoms with van der Waals surface area (Å²) in [7, 11) is 1.32. The van der Waals surface area contributed by atoms with Crippen molar-refractivity contribution >= 4 is 11.9 Å². The third-order valence-corrected chi connectivity index (χ3v) is 2.82. The minimum absolute atomic E-state index is 0.0143. The van der Waals surface area contributed by atoms with E-state index in [2.05, 4.69) is 0 Å². The smallest absolute Gasteiger partial charge is 0.313 e. The number of hydrogen-bond acceptors (Lipinski definition) is 4. The Morgan fingerprint density at radius 3 is 2.47 bits per heavy atom. The van der Waals surface area contributed by atoms with Crippen LogP contribution in [0.25, 0.3) is 0 Å². The molecule has 0 bridgehead atoms. The predicted octanol–water partition coefficient (Wildman–Crippen LogP) is 2.68. The molecule has 19 heavy (non-hydrogen) atoms. The molecule has 104 valence electrons. The zero-order chi connectivity index (χ0) is 14.1. The molecular weight excluding hydrogens is 244 g/mol. The van der Waals surface area contributed by atoms with Crippen LogP contribution in [0.4, 0.5) is 0 Å². The molecule has 1 rings (SSSR count). The highest BCUT2D eigenvalue weighted by Crippen LogP contribution is 2.21. The lowest BCUT2D eigenvalue weighted by Gasteiger charge is -2.14. The van der Waals surface area contributed by atoms with E-state index >= 15 is 0 Å². The van der Waals surface area contributed by atoms with Gasteiger partial charge < -0.3 is 9.47 Å². The van der Waals surface area contributed by atoms with Crippen LogP contribution in [0.1, 0.15) is 37.7 Å². The SMILES string of the molecule is CCCCOC(=O)CC(C(=O)OC)c1ccccc1. The van der Waals surface area contributed by atoms with Gasteiger partial charge in [0.15, 0.2) is 0 Å². The van der Waals surface area contributed by atoms with E-state index < -0.39 is 11.9 Å². The normalized spacial score (nSPS) is 11.7. The molecule has 0 heterocycles. The van der Waals surface area contributed by atoms with Crippen LogP contribution < -0.4 is 0 Å². The Labute approximate surface area is 113 Å². The fourth-order valence-electron chi connectivity index (χ4n) is 1.72. The van der Waals surface area contributed by atoms with E-state index in [-0.39, 0.29) is 12.4 Å². The molecular formula is C15H20O4. The number of carbonyl (C=O) groups excluding carboxylic acids is 2. The molecule has 0 aliphatic rings. The van der Waals surface area contributed by atoms with Gasteiger partial charge in [-0.15, -0.1) is 0 Å². The lowest BCUT2D eigenvalue weighted by Crippen LogP contribution is -2.19. The van der Waals surface area contributed by atoms with Crippen LogP contribution in [0.5, 0.6) is 0 Å². The van der Waals surface area contributed by atoms with Crippen LogP contribution in [-0.2, 0) is 19.1 Å². The molecule has 0 aliphatic carbocycles. The monoisotopic (exact) mass is 264 g/mol. The van der Waals surface area contributed by atoms with E-state index in [1.807, 2.05) is 25.1 Å². The maximum absolute atomic E-state index is 11.7. The van der Waals surface area contributed by atoms with E-state index in [1.54, 1.807) is 12.1 Å². The number of benzene rings is 1. The Hall–Kier alpha value is -1.84. The van der Waals surface area contributed by atoms with Gasteiger partial charge in [-0.1, -0.05) is 43.7 Å². The van der Waals surface area contributed by atoms with Crippen molar-refractivity contribution < 1.29 is 19.1 Å². The van der Waals surface area contributed by atoms with Crippen molar-refractivity contribution in [2.24, 2.45) is 0 Å². The van der Waals surface area contributed by atoms with Gasteiger partial charge in [0.25, 0.3) is 0 Å². The van der Waals surface area contributed by atoms with Crippen LogP contribution in [0.2, 0.25) is 0 Å². The molecule has 4 nitrogen and oxygen atoms in total. The second-order valence-corrected chi connectivity index (χ2v) is 4.26. The lowest BCUT2D eigenvalue weighted by atomic mass is 9.96. The molecule has 0 N–H and O–H groups in total. The number of ether oxygens (including phenoxy) is 2. The third-order valence-electron chi connectivity index (χ3n) is 2.82. The average Bonchev–Trinajstić information content (AvgIpc) is 2.45. The molecule has 0 fully saturated rings. The van der Waals surface area contributed by atoms with Crippen molar-refractivity contribution in [3.05, 3.63) is 35.9 Å². The predicted molar refractivity (Wildman–Crippen MR) is 71.7 cm³/mol. The molecule has 0 aromatic heterocycles. The van der Waals surface area contributed by atoms with Gasteiger partial charge in [0.2, 0.25) is 0 Å². The maximum atomic E-state index is 11.7. The highest BCUT2D eigenvalue weighted by atomic mass is 16.5. The first kappa shape index (κ1) is 15.2. The first-order valence-corrected chi connectivity index (χ1v) is 6.47. The first-order valence-electron chi connectivity index (χ1n) is 6.47. The van der Waals surface area contributed by atoms with E-state index in [4.69, 9.17) is 9.47 Å². The van der Waals surface area contributed by atoms with Crippen LogP contribution in [0.15, 0.2) is 30.3 Å². The number of unbranched alkanes of at least 4 members (excludes halogenated alkanes) is 1. The fraction of sp³-hybridized carbons (Fsp3) is 0.467. The zero-order valence-corrected chi connectivity index (χ0v) is 11.4. The second kappa shape index (κ2) is 8.29. The summed E-state index contributed by atoms with van der Waals surface area (Å²) in [6.07, 6.45) is 1.81. The summed E-state index contributed by atoms with van der Waals surface area (Å²) in [4.78, 5) is 23.4. The van der Waals surface area contributed by atoms with Crippen molar-refractivity contribution in [3.8, 4) is 0 Å². The molecule has 0 amide bonds. The van der Waals surface area contributed by atoms with Gasteiger partial charge in [-0.2, -0.15) is 0 Å². The molecule has 0 radical (unpaired) electrons. The molecule has 1 unspecified atom stereocenters. The zero-order valence-electron chi connectivity index (χ0n) is 11.4. The Balaban J connectivity index is 2.66. The van der Waals surface area contributed by atoms with Crippen LogP contribution >= 0.6 is 0 Å². The van der Waals surface area contributed by atoms with Crippen molar-refractivity contribution in [1.82, 2.24) is 0 Å². The fourth-order valence-corrected chi connectivity index (χ4v) is 1.72. The average molecular weight is 264 g/mol. The van der Waals surface area contributed by atoms with Gasteiger partial charge in [0, 0.05) is 0 Å². The summed E-state index contributed by atoms with van der Waals surface area (Å²) in [5.74, 6) is -1.38. The van der Waals surface area contributed by atoms with Gasteiger partial charge in [-0.25, -0.2) is 0 Å². The highest BCUT2D eigenvalue weighted by Gasteiger charge is 2.25. The van der Waals surface area contributed by atoms with Crippen molar-refractivity contribution in [2.75, 3.05) is 13.7 Å². The Bertz CT molecular complexity index is 400. The lowest BCUT2D eigenvalue weighted by molar-refractivity contribution is -0.150. The second-order valence-electron chi connectivity index (χ2n) is 4.26. The Kier molecular flexibility index (Phi) is 6.64. The summed E-state index contributed by atoms with van der Waals surface area (Å²) in [5, 5.41) is 0. The van der Waals surface area contributed by atoms with E-state index in [0.717, 1.165) is 18.4 Å². The third kappa shape index (κ3) is 5.12. The summed E-state index contributed by atoms with van der Waals surface area (Å²) in [6, 6.07) is 9.13. The number of carbonyl (C=O) groups is 2. The van der Waals surface area contributed by atoms with Gasteiger partial charge in [-0.3, -0.25) is 9.59 Å². The highest BCUT2D eigenvalue weighted by molar-refractivity contribution is 5.84. The summed E-state index contributed by atoms with van der Waals surface area (Å²) in [6.45, 7) is 2.42. The standard InChI is InChI=1S/C15H20O4/c1-3-4-10-19-14(16)11-13(15(17)18-2)12-8-6-5-7-9-12/h5-9,13H,3-4,10-11H2,1-2H3. The largest absolute Gasteiger partial charge is 0.469 e. The summed E-state index contributed by atoms with van der Waals surface area (Å²) >= 11 is 0. The van der Waals surface area contributed by atoms with Crippen LogP contribution in [-0.4, -0.2) is 25.7 Å². The quantitative estimate of drug-likeness (QED) is 0.561. The molecule has 4 heteroatoms. The van der Waals surface area contributed by atoms with Gasteiger partial charge in [0.05, 0.1) is 26.1 Å². The van der Waals surface area contributed by atoms with Crippen molar-refractivity contribution in [3.63, 3.8) is 0 Å². The van der Waals surface area contributed by atoms with Gasteiger partial charge in [0.1, 0.15) is 0 Å². The molecule has 0 saturated carbocycles. The van der Waals surface area contributed by atoms with Crippen molar-refractivity contribution in [1.29, 1.82) is 0 Å². The minimum atomic E-state index is -0.597. The van der Waals surface area contributed by atoms with E-state index in [1.165, 1.54) is 7.11 Å². The number of hydrogen-bond donors (Lipinski definition) is 0. The van der Waals surface area contributed by atoms with Gasteiger partial charge in [-0.05, 0) is 12.0 Å². The summed E-state index contributed by atoms with van der Waals surface area (Å²) < 4.78 is 9.83. The molecule has 0 aliphatic heterocycles. The van der Waals surface area contributed by atoms with E-state index in [0.29, 0.717) is 6.61 Å². The Morgan fingerprint density at radius 1 is 1.21 bits per heavy atom. The molecule has 1 aromatic carbocycles. The molecule has 1 aromatic rings. The Morgan fingerprint density at radius 2 is 1.89 bits per heavy atom. The maximum Gasteiger partial charge on any atom is 0.313 e. The first-order chi connectivity index (χ1) is 9.19. The van der Waals surface area contributed by atoms with Crippen LogP contribution in [0.3, 0.4) is 0 Å². The number of methoxy groups -OCH3 is 1. The molecule has 0 saturated heterocycles. The van der Waals surface area contributed by atoms with Crippen molar-refractivity contribution in [2.45, 2.75) is 32.1 Å². The van der Waals surface area contributed by atoms with E-state index in [9.17, 15) is 9.59 Å². The van der Waals surface area contributed by atoms with Crippen LogP contribution in [0, 0.1) is 0 Å². The molecule has 0 spiro atoms. The van der Waals surface area contributed by atoms with Gasteiger partial charge >= 0.3 is 11.9 Å². The number of esters is 2. The number of rotatable bonds is 7. The topological polar surface area (TPSA) is 52.6 Å².